The molecule has 0 saturated carbocycles. The minimum absolute atomic E-state index is 0.551. The van der Waals surface area contributed by atoms with Crippen LogP contribution in [-0.2, 0) is 0 Å². The van der Waals surface area contributed by atoms with Crippen LogP contribution in [0.1, 0.15) is 180 Å². The third-order valence-electron chi connectivity index (χ3n) is 9.39. The number of para-hydroxylation sites is 2. The molecule has 0 spiro atoms. The van der Waals surface area contributed by atoms with E-state index in [1.165, 1.54) is 114 Å². The van der Waals surface area contributed by atoms with E-state index in [0.29, 0.717) is 11.8 Å². The van der Waals surface area contributed by atoms with Crippen molar-refractivity contribution in [3.8, 4) is 11.5 Å². The summed E-state index contributed by atoms with van der Waals surface area (Å²) in [6.45, 7) is 13.9. The van der Waals surface area contributed by atoms with Crippen LogP contribution < -0.4 is 6.15 Å². The molecule has 0 radical (unpaired) electrons. The van der Waals surface area contributed by atoms with Crippen molar-refractivity contribution in [1.82, 2.24) is 0 Å². The van der Waals surface area contributed by atoms with Gasteiger partial charge in [-0.2, -0.15) is 0 Å². The van der Waals surface area contributed by atoms with Gasteiger partial charge in [-0.05, 0) is 0 Å². The SMILES string of the molecule is CCCCCCC[CH2][Sn]([CH2]CCCCCCC)([O]c1ccccc1C(CC)CCC)[O]c1ccccc1C(CC)CCC. The molecule has 2 atom stereocenters. The maximum atomic E-state index is 7.54. The molecule has 0 aliphatic heterocycles. The molecule has 2 unspecified atom stereocenters. The first-order valence-electron chi connectivity index (χ1n) is 18.6. The number of hydrogen-bond donors (Lipinski definition) is 0. The van der Waals surface area contributed by atoms with Gasteiger partial charge in [-0.25, -0.2) is 0 Å². The number of benzene rings is 2. The van der Waals surface area contributed by atoms with E-state index >= 15 is 0 Å². The molecule has 2 rings (SSSR count). The summed E-state index contributed by atoms with van der Waals surface area (Å²) in [5.41, 5.74) is 2.82. The predicted molar refractivity (Wildman–Crippen MR) is 192 cm³/mol. The Hall–Kier alpha value is -1.16. The zero-order chi connectivity index (χ0) is 31.2. The van der Waals surface area contributed by atoms with Gasteiger partial charge in [-0.3, -0.25) is 0 Å². The first-order valence-corrected chi connectivity index (χ1v) is 25.0. The van der Waals surface area contributed by atoms with Gasteiger partial charge in [0.15, 0.2) is 0 Å². The Morgan fingerprint density at radius 2 is 0.837 bits per heavy atom. The van der Waals surface area contributed by atoms with Gasteiger partial charge in [-0.1, -0.05) is 0 Å². The molecule has 0 fully saturated rings. The Morgan fingerprint density at radius 1 is 0.465 bits per heavy atom. The molecule has 0 aromatic heterocycles. The maximum absolute atomic E-state index is 7.54. The van der Waals surface area contributed by atoms with E-state index in [2.05, 4.69) is 90.1 Å². The average Bonchev–Trinajstić information content (AvgIpc) is 3.03. The van der Waals surface area contributed by atoms with Crippen LogP contribution in [0.3, 0.4) is 0 Å². The van der Waals surface area contributed by atoms with Gasteiger partial charge in [0, 0.05) is 0 Å². The van der Waals surface area contributed by atoms with Crippen LogP contribution >= 0.6 is 0 Å². The number of hydrogen-bond acceptors (Lipinski definition) is 2. The Morgan fingerprint density at radius 3 is 1.21 bits per heavy atom. The Bertz CT molecular complexity index is 880. The molecule has 0 aliphatic carbocycles. The summed E-state index contributed by atoms with van der Waals surface area (Å²) >= 11 is -3.66. The van der Waals surface area contributed by atoms with Gasteiger partial charge in [0.1, 0.15) is 0 Å². The number of unbranched alkanes of at least 4 members (excludes halogenated alkanes) is 10. The molecule has 0 amide bonds. The predicted octanol–water partition coefficient (Wildman–Crippen LogP) is 13.9. The molecule has 0 saturated heterocycles. The molecule has 43 heavy (non-hydrogen) atoms. The van der Waals surface area contributed by atoms with Crippen LogP contribution in [0, 0.1) is 0 Å². The van der Waals surface area contributed by atoms with E-state index in [-0.39, 0.29) is 0 Å². The van der Waals surface area contributed by atoms with E-state index in [0.717, 1.165) is 33.2 Å². The number of rotatable bonds is 26. The summed E-state index contributed by atoms with van der Waals surface area (Å²) in [5, 5.41) is 0. The third kappa shape index (κ3) is 13.8. The molecule has 3 heteroatoms. The molecule has 2 aromatic rings. The van der Waals surface area contributed by atoms with Gasteiger partial charge >= 0.3 is 274 Å². The van der Waals surface area contributed by atoms with Crippen molar-refractivity contribution < 1.29 is 6.15 Å². The van der Waals surface area contributed by atoms with E-state index in [9.17, 15) is 0 Å². The van der Waals surface area contributed by atoms with Gasteiger partial charge in [0.2, 0.25) is 0 Å². The summed E-state index contributed by atoms with van der Waals surface area (Å²) in [6, 6.07) is 18.0. The summed E-state index contributed by atoms with van der Waals surface area (Å²) in [5.74, 6) is 3.37. The zero-order valence-electron chi connectivity index (χ0n) is 29.2. The molecular weight excluding hydrogens is 631 g/mol. The van der Waals surface area contributed by atoms with Crippen molar-refractivity contribution in [1.29, 1.82) is 0 Å². The topological polar surface area (TPSA) is 18.5 Å². The van der Waals surface area contributed by atoms with Crippen LogP contribution in [0.25, 0.3) is 0 Å². The van der Waals surface area contributed by atoms with Crippen molar-refractivity contribution in [2.45, 2.75) is 178 Å². The van der Waals surface area contributed by atoms with Crippen molar-refractivity contribution >= 4 is 19.2 Å². The Labute approximate surface area is 273 Å². The van der Waals surface area contributed by atoms with Crippen LogP contribution in [-0.4, -0.2) is 19.2 Å². The summed E-state index contributed by atoms with van der Waals surface area (Å²) < 4.78 is 17.4. The molecule has 244 valence electrons. The van der Waals surface area contributed by atoms with Gasteiger partial charge < -0.3 is 0 Å². The minimum atomic E-state index is -3.66. The molecule has 0 N–H and O–H groups in total. The van der Waals surface area contributed by atoms with Crippen LogP contribution in [0.2, 0.25) is 8.87 Å². The summed E-state index contributed by atoms with van der Waals surface area (Å²) in [7, 11) is 0. The van der Waals surface area contributed by atoms with E-state index < -0.39 is 19.2 Å². The van der Waals surface area contributed by atoms with Gasteiger partial charge in [0.25, 0.3) is 0 Å². The molecule has 0 bridgehead atoms. The summed E-state index contributed by atoms with van der Waals surface area (Å²) in [6.07, 6.45) is 22.9. The average molecular weight is 700 g/mol. The second-order valence-electron chi connectivity index (χ2n) is 13.0. The molecule has 2 aromatic carbocycles. The zero-order valence-corrected chi connectivity index (χ0v) is 32.1. The van der Waals surface area contributed by atoms with Gasteiger partial charge in [-0.15, -0.1) is 0 Å². The Balaban J connectivity index is 2.50. The van der Waals surface area contributed by atoms with E-state index in [4.69, 9.17) is 6.15 Å². The molecule has 2 nitrogen and oxygen atoms in total. The van der Waals surface area contributed by atoms with Crippen molar-refractivity contribution in [3.05, 3.63) is 59.7 Å². The second kappa shape index (κ2) is 23.2. The van der Waals surface area contributed by atoms with Crippen LogP contribution in [0.5, 0.6) is 11.5 Å². The standard InChI is InChI=1S/2C12H18O.2C8H17.Sn/c2*1-3-7-10(4-2)11-8-5-6-9-12(11)13;2*1-3-5-7-8-6-4-2;/h2*5-6,8-10,13H,3-4,7H2,1-2H3;2*1,3-8H2,2H3;/q;;;;+2/p-2. The van der Waals surface area contributed by atoms with Crippen molar-refractivity contribution in [2.75, 3.05) is 0 Å². The first kappa shape index (κ1) is 38.0. The van der Waals surface area contributed by atoms with Gasteiger partial charge in [0.05, 0.1) is 0 Å². The summed E-state index contributed by atoms with van der Waals surface area (Å²) in [4.78, 5) is 0. The van der Waals surface area contributed by atoms with Crippen molar-refractivity contribution in [3.63, 3.8) is 0 Å². The molecule has 0 heterocycles. The normalized spacial score (nSPS) is 13.2. The van der Waals surface area contributed by atoms with E-state index in [1.807, 2.05) is 0 Å². The fraction of sp³-hybridized carbons (Fsp3) is 0.700. The van der Waals surface area contributed by atoms with Crippen LogP contribution in [0.15, 0.2) is 48.5 Å². The fourth-order valence-electron chi connectivity index (χ4n) is 6.78. The Kier molecular flexibility index (Phi) is 20.5. The third-order valence-corrected chi connectivity index (χ3v) is 19.1. The van der Waals surface area contributed by atoms with Crippen LogP contribution in [0.4, 0.5) is 0 Å². The molecule has 0 aliphatic rings. The van der Waals surface area contributed by atoms with E-state index in [1.54, 1.807) is 0 Å². The quantitative estimate of drug-likeness (QED) is 0.0719. The monoisotopic (exact) mass is 700 g/mol. The van der Waals surface area contributed by atoms with Crippen molar-refractivity contribution in [2.24, 2.45) is 0 Å². The molecular formula is C40H68O2Sn. The second-order valence-corrected chi connectivity index (χ2v) is 22.2. The fourth-order valence-corrected chi connectivity index (χ4v) is 16.6. The first-order chi connectivity index (χ1) is 21.1.